The lowest BCUT2D eigenvalue weighted by Gasteiger charge is -2.14. The van der Waals surface area contributed by atoms with E-state index in [1.54, 1.807) is 18.2 Å². The van der Waals surface area contributed by atoms with Crippen molar-refractivity contribution in [1.29, 1.82) is 0 Å². The van der Waals surface area contributed by atoms with E-state index in [1.807, 2.05) is 6.92 Å². The van der Waals surface area contributed by atoms with E-state index >= 15 is 0 Å². The van der Waals surface area contributed by atoms with Gasteiger partial charge in [0.15, 0.2) is 0 Å². The Morgan fingerprint density at radius 2 is 1.61 bits per heavy atom. The van der Waals surface area contributed by atoms with Crippen LogP contribution in [0.3, 0.4) is 0 Å². The molecule has 0 atom stereocenters. The summed E-state index contributed by atoms with van der Waals surface area (Å²) >= 11 is 5.94. The predicted molar refractivity (Wildman–Crippen MR) is 141 cm³/mol. The molecule has 5 rings (SSSR count). The first-order valence-corrected chi connectivity index (χ1v) is 12.5. The molecule has 0 N–H and O–H groups in total. The molecule has 0 radical (unpaired) electrons. The van der Waals surface area contributed by atoms with E-state index in [0.29, 0.717) is 22.4 Å². The van der Waals surface area contributed by atoms with Crippen LogP contribution in [0.2, 0.25) is 5.02 Å². The molecule has 0 aliphatic heterocycles. The van der Waals surface area contributed by atoms with Crippen molar-refractivity contribution in [2.45, 2.75) is 19.5 Å². The first-order chi connectivity index (χ1) is 19.5. The number of hydrogen-bond donors (Lipinski definition) is 0. The summed E-state index contributed by atoms with van der Waals surface area (Å²) in [4.78, 5) is 37.7. The van der Waals surface area contributed by atoms with E-state index in [-0.39, 0.29) is 34.8 Å². The summed E-state index contributed by atoms with van der Waals surface area (Å²) in [6, 6.07) is 14.5. The highest BCUT2D eigenvalue weighted by Crippen LogP contribution is 2.39. The molecular formula is C29H18ClF3O8. The van der Waals surface area contributed by atoms with Crippen LogP contribution in [0, 0.1) is 0 Å². The van der Waals surface area contributed by atoms with Crippen LogP contribution in [0.5, 0.6) is 17.2 Å². The van der Waals surface area contributed by atoms with Crippen molar-refractivity contribution in [2.24, 2.45) is 0 Å². The molecule has 0 unspecified atom stereocenters. The maximum absolute atomic E-state index is 13.9. The van der Waals surface area contributed by atoms with Gasteiger partial charge in [0.05, 0.1) is 17.6 Å². The number of fused-ring (bicyclic) bond motifs is 2. The van der Waals surface area contributed by atoms with E-state index in [4.69, 9.17) is 34.6 Å². The van der Waals surface area contributed by atoms with Crippen LogP contribution in [-0.4, -0.2) is 18.5 Å². The molecule has 210 valence electrons. The third-order valence-electron chi connectivity index (χ3n) is 5.72. The Morgan fingerprint density at radius 1 is 0.878 bits per heavy atom. The van der Waals surface area contributed by atoms with Crippen molar-refractivity contribution >= 4 is 45.5 Å². The molecule has 2 aromatic heterocycles. The number of esters is 2. The van der Waals surface area contributed by atoms with Crippen molar-refractivity contribution in [3.05, 3.63) is 99.1 Å². The third kappa shape index (κ3) is 5.90. The molecule has 5 aromatic rings. The number of carbonyl (C=O) groups is 2. The second-order valence-corrected chi connectivity index (χ2v) is 9.13. The average molecular weight is 587 g/mol. The van der Waals surface area contributed by atoms with Gasteiger partial charge in [0.1, 0.15) is 22.7 Å². The molecule has 2 heterocycles. The van der Waals surface area contributed by atoms with Gasteiger partial charge in [0, 0.05) is 16.5 Å². The lowest BCUT2D eigenvalue weighted by atomic mass is 10.2. The molecule has 0 amide bonds. The monoisotopic (exact) mass is 586 g/mol. The normalized spacial score (nSPS) is 11.5. The molecule has 0 fully saturated rings. The fourth-order valence-corrected chi connectivity index (χ4v) is 4.01. The molecular weight excluding hydrogens is 569 g/mol. The minimum absolute atomic E-state index is 0.146. The number of ether oxygens (including phenoxy) is 3. The zero-order chi connectivity index (χ0) is 29.3. The fraction of sp³-hybridized carbons (Fsp3) is 0.138. The Hall–Kier alpha value is -4.77. The highest BCUT2D eigenvalue weighted by Gasteiger charge is 2.40. The maximum Gasteiger partial charge on any atom is 0.453 e. The Balaban J connectivity index is 1.44. The number of furan rings is 1. The lowest BCUT2D eigenvalue weighted by molar-refractivity contribution is -0.154. The Kier molecular flexibility index (Phi) is 7.46. The minimum atomic E-state index is -5.12. The van der Waals surface area contributed by atoms with Crippen molar-refractivity contribution in [3.63, 3.8) is 0 Å². The van der Waals surface area contributed by atoms with E-state index in [9.17, 15) is 27.6 Å². The fourth-order valence-electron chi connectivity index (χ4n) is 3.83. The van der Waals surface area contributed by atoms with E-state index in [1.165, 1.54) is 36.4 Å². The summed E-state index contributed by atoms with van der Waals surface area (Å²) in [6.45, 7) is 2.03. The van der Waals surface area contributed by atoms with Crippen molar-refractivity contribution in [3.8, 4) is 17.2 Å². The molecule has 0 saturated carbocycles. The molecule has 41 heavy (non-hydrogen) atoms. The van der Waals surface area contributed by atoms with Crippen LogP contribution >= 0.6 is 11.6 Å². The largest absolute Gasteiger partial charge is 0.462 e. The SMILES string of the molecule is CCCOC(=O)c1ccc(Oc2c(C(F)(F)F)oc3cc(OC(=O)c4cc5cc(Cl)ccc5o4)ccc3c2=O)cc1. The van der Waals surface area contributed by atoms with Gasteiger partial charge in [-0.05, 0) is 67.1 Å². The van der Waals surface area contributed by atoms with Gasteiger partial charge < -0.3 is 23.0 Å². The molecule has 0 spiro atoms. The molecule has 0 aliphatic rings. The standard InChI is InChI=1S/C29H18ClF3O8/c1-2-11-37-27(35)15-3-6-18(7-4-15)38-25-24(34)20-9-8-19(14-22(20)41-26(25)29(31,32)33)39-28(36)23-13-16-12-17(30)5-10-21(16)40-23/h3-10,12-14H,2,11H2,1H3. The van der Waals surface area contributed by atoms with Gasteiger partial charge in [-0.1, -0.05) is 18.5 Å². The van der Waals surface area contributed by atoms with Gasteiger partial charge >= 0.3 is 18.1 Å². The molecule has 3 aromatic carbocycles. The van der Waals surface area contributed by atoms with Crippen LogP contribution in [-0.2, 0) is 10.9 Å². The smallest absolute Gasteiger partial charge is 0.453 e. The zero-order valence-electron chi connectivity index (χ0n) is 21.0. The van der Waals surface area contributed by atoms with Gasteiger partial charge in [-0.3, -0.25) is 4.79 Å². The number of carbonyl (C=O) groups excluding carboxylic acids is 2. The van der Waals surface area contributed by atoms with E-state index < -0.39 is 40.6 Å². The third-order valence-corrected chi connectivity index (χ3v) is 5.95. The summed E-state index contributed by atoms with van der Waals surface area (Å²) in [6.07, 6.45) is -4.50. The summed E-state index contributed by atoms with van der Waals surface area (Å²) in [5.41, 5.74) is -1.08. The maximum atomic E-state index is 13.9. The highest BCUT2D eigenvalue weighted by atomic mass is 35.5. The van der Waals surface area contributed by atoms with Gasteiger partial charge in [-0.2, -0.15) is 13.2 Å². The second-order valence-electron chi connectivity index (χ2n) is 8.69. The van der Waals surface area contributed by atoms with Crippen LogP contribution in [0.15, 0.2) is 80.4 Å². The summed E-state index contributed by atoms with van der Waals surface area (Å²) in [5.74, 6) is -4.86. The number of benzene rings is 3. The molecule has 0 bridgehead atoms. The van der Waals surface area contributed by atoms with E-state index in [0.717, 1.165) is 12.1 Å². The summed E-state index contributed by atoms with van der Waals surface area (Å²) in [5, 5.41) is 0.712. The van der Waals surface area contributed by atoms with Crippen LogP contribution < -0.4 is 14.9 Å². The first kappa shape index (κ1) is 27.8. The van der Waals surface area contributed by atoms with E-state index in [2.05, 4.69) is 0 Å². The number of alkyl halides is 3. The van der Waals surface area contributed by atoms with Crippen molar-refractivity contribution < 1.29 is 45.8 Å². The Labute approximate surface area is 233 Å². The predicted octanol–water partition coefficient (Wildman–Crippen LogP) is 7.79. The highest BCUT2D eigenvalue weighted by molar-refractivity contribution is 6.31. The van der Waals surface area contributed by atoms with Gasteiger partial charge in [0.2, 0.25) is 16.9 Å². The van der Waals surface area contributed by atoms with Crippen LogP contribution in [0.4, 0.5) is 13.2 Å². The topological polar surface area (TPSA) is 105 Å². The summed E-state index contributed by atoms with van der Waals surface area (Å²) < 4.78 is 67.8. The van der Waals surface area contributed by atoms with Crippen molar-refractivity contribution in [1.82, 2.24) is 0 Å². The molecule has 0 aliphatic carbocycles. The minimum Gasteiger partial charge on any atom is -0.462 e. The van der Waals surface area contributed by atoms with Gasteiger partial charge in [-0.25, -0.2) is 9.59 Å². The molecule has 8 nitrogen and oxygen atoms in total. The zero-order valence-corrected chi connectivity index (χ0v) is 21.8. The average Bonchev–Trinajstić information content (AvgIpc) is 3.36. The van der Waals surface area contributed by atoms with Crippen molar-refractivity contribution in [2.75, 3.05) is 6.61 Å². The quantitative estimate of drug-likeness (QED) is 0.141. The van der Waals surface area contributed by atoms with Crippen LogP contribution in [0.1, 0.15) is 40.0 Å². The number of hydrogen-bond acceptors (Lipinski definition) is 8. The lowest BCUT2D eigenvalue weighted by Crippen LogP contribution is -2.15. The molecule has 0 saturated heterocycles. The number of halogens is 4. The summed E-state index contributed by atoms with van der Waals surface area (Å²) in [7, 11) is 0. The Bertz CT molecular complexity index is 1840. The first-order valence-electron chi connectivity index (χ1n) is 12.1. The van der Waals surface area contributed by atoms with Gasteiger partial charge in [-0.15, -0.1) is 0 Å². The number of rotatable bonds is 7. The Morgan fingerprint density at radius 3 is 2.32 bits per heavy atom. The van der Waals surface area contributed by atoms with Crippen LogP contribution in [0.25, 0.3) is 21.9 Å². The van der Waals surface area contributed by atoms with Gasteiger partial charge in [0.25, 0.3) is 5.76 Å². The molecule has 12 heteroatoms. The second kappa shape index (κ2) is 11.0.